The number of carboxylic acid groups (broad SMARTS) is 1. The summed E-state index contributed by atoms with van der Waals surface area (Å²) in [6.07, 6.45) is -0.180. The summed E-state index contributed by atoms with van der Waals surface area (Å²) in [4.78, 5) is 23.2. The molecular weight excluding hydrogens is 352 g/mol. The molecule has 2 atom stereocenters. The zero-order valence-corrected chi connectivity index (χ0v) is 15.1. The summed E-state index contributed by atoms with van der Waals surface area (Å²) in [5.74, 6) is 0.0515. The van der Waals surface area contributed by atoms with Gasteiger partial charge in [-0.15, -0.1) is 0 Å². The second-order valence-electron chi connectivity index (χ2n) is 6.92. The average Bonchev–Trinajstić information content (AvgIpc) is 3.47. The van der Waals surface area contributed by atoms with E-state index in [1.165, 1.54) is 0 Å². The highest BCUT2D eigenvalue weighted by atomic mass is 16.4. The predicted molar refractivity (Wildman–Crippen MR) is 109 cm³/mol. The minimum Gasteiger partial charge on any atom is -0.465 e. The summed E-state index contributed by atoms with van der Waals surface area (Å²) in [5, 5.41) is 14.2. The Morgan fingerprint density at radius 1 is 0.821 bits per heavy atom. The van der Waals surface area contributed by atoms with Crippen molar-refractivity contribution in [2.75, 3.05) is 5.32 Å². The van der Waals surface area contributed by atoms with Crippen LogP contribution in [0.15, 0.2) is 78.9 Å². The molecule has 140 valence electrons. The highest BCUT2D eigenvalue weighted by Crippen LogP contribution is 2.41. The molecule has 0 radical (unpaired) electrons. The molecule has 4 rings (SSSR count). The quantitative estimate of drug-likeness (QED) is 0.606. The van der Waals surface area contributed by atoms with Crippen molar-refractivity contribution in [1.29, 1.82) is 0 Å². The number of nitrogens with one attached hydrogen (secondary N) is 2. The van der Waals surface area contributed by atoms with Crippen molar-refractivity contribution in [3.8, 4) is 11.1 Å². The van der Waals surface area contributed by atoms with Gasteiger partial charge in [0.25, 0.3) is 5.91 Å². The van der Waals surface area contributed by atoms with Gasteiger partial charge >= 0.3 is 6.09 Å². The van der Waals surface area contributed by atoms with Gasteiger partial charge in [0.05, 0.1) is 0 Å². The second kappa shape index (κ2) is 7.56. The molecule has 0 bridgehead atoms. The number of carbonyl (C=O) groups is 2. The van der Waals surface area contributed by atoms with Gasteiger partial charge in [-0.1, -0.05) is 54.6 Å². The maximum absolute atomic E-state index is 12.5. The van der Waals surface area contributed by atoms with E-state index in [0.29, 0.717) is 11.3 Å². The summed E-state index contributed by atoms with van der Waals surface area (Å²) in [6.45, 7) is 0. The molecule has 1 fully saturated rings. The third kappa shape index (κ3) is 4.04. The van der Waals surface area contributed by atoms with Crippen molar-refractivity contribution in [2.45, 2.75) is 18.4 Å². The van der Waals surface area contributed by atoms with Crippen LogP contribution in [0.2, 0.25) is 0 Å². The number of amides is 2. The number of hydrogen-bond acceptors (Lipinski definition) is 2. The molecule has 2 amide bonds. The Morgan fingerprint density at radius 3 is 2.11 bits per heavy atom. The maximum Gasteiger partial charge on any atom is 0.404 e. The van der Waals surface area contributed by atoms with Gasteiger partial charge in [-0.2, -0.15) is 0 Å². The molecule has 0 heterocycles. The fraction of sp³-hybridized carbons (Fsp3) is 0.130. The standard InChI is InChI=1S/C23H20N2O3/c26-22(18-8-6-16(7-9-18)15-4-2-1-3-5-15)24-19-12-10-17(11-13-19)20-14-21(20)25-23(27)28/h1-13,20-21,25H,14H2,(H,24,26)(H,27,28)/t20-,21+/m0/s1. The maximum atomic E-state index is 12.5. The molecule has 1 aliphatic carbocycles. The second-order valence-corrected chi connectivity index (χ2v) is 6.92. The number of anilines is 1. The third-order valence-electron chi connectivity index (χ3n) is 4.95. The van der Waals surface area contributed by atoms with Crippen LogP contribution < -0.4 is 10.6 Å². The molecule has 0 aliphatic heterocycles. The Labute approximate surface area is 163 Å². The van der Waals surface area contributed by atoms with E-state index in [2.05, 4.69) is 10.6 Å². The number of rotatable bonds is 5. The molecule has 0 unspecified atom stereocenters. The lowest BCUT2D eigenvalue weighted by molar-refractivity contribution is 0.102. The molecule has 5 nitrogen and oxygen atoms in total. The topological polar surface area (TPSA) is 78.4 Å². The molecule has 0 saturated heterocycles. The first-order chi connectivity index (χ1) is 13.6. The van der Waals surface area contributed by atoms with Crippen LogP contribution in [-0.4, -0.2) is 23.1 Å². The summed E-state index contributed by atoms with van der Waals surface area (Å²) in [5.41, 5.74) is 4.56. The van der Waals surface area contributed by atoms with E-state index < -0.39 is 6.09 Å². The molecule has 3 N–H and O–H groups in total. The molecule has 3 aromatic rings. The van der Waals surface area contributed by atoms with Gasteiger partial charge in [-0.05, 0) is 47.4 Å². The van der Waals surface area contributed by atoms with E-state index in [4.69, 9.17) is 5.11 Å². The van der Waals surface area contributed by atoms with E-state index in [1.54, 1.807) is 0 Å². The molecule has 5 heteroatoms. The van der Waals surface area contributed by atoms with Crippen LogP contribution in [-0.2, 0) is 0 Å². The first-order valence-corrected chi connectivity index (χ1v) is 9.16. The predicted octanol–water partition coefficient (Wildman–Crippen LogP) is 4.73. The first-order valence-electron chi connectivity index (χ1n) is 9.16. The van der Waals surface area contributed by atoms with Crippen LogP contribution in [0, 0.1) is 0 Å². The van der Waals surface area contributed by atoms with Crippen LogP contribution in [0.4, 0.5) is 10.5 Å². The van der Waals surface area contributed by atoms with Gasteiger partial charge in [0.15, 0.2) is 0 Å². The number of benzene rings is 3. The van der Waals surface area contributed by atoms with Crippen LogP contribution in [0.3, 0.4) is 0 Å². The smallest absolute Gasteiger partial charge is 0.404 e. The van der Waals surface area contributed by atoms with Crippen molar-refractivity contribution in [3.05, 3.63) is 90.0 Å². The van der Waals surface area contributed by atoms with E-state index in [0.717, 1.165) is 23.1 Å². The van der Waals surface area contributed by atoms with Crippen molar-refractivity contribution in [1.82, 2.24) is 5.32 Å². The Hall–Kier alpha value is -3.60. The zero-order chi connectivity index (χ0) is 19.5. The van der Waals surface area contributed by atoms with Crippen LogP contribution in [0.5, 0.6) is 0 Å². The van der Waals surface area contributed by atoms with Gasteiger partial charge in [-0.3, -0.25) is 4.79 Å². The van der Waals surface area contributed by atoms with Crippen molar-refractivity contribution in [3.63, 3.8) is 0 Å². The van der Waals surface area contributed by atoms with Crippen LogP contribution in [0.25, 0.3) is 11.1 Å². The molecule has 1 aliphatic rings. The lowest BCUT2D eigenvalue weighted by Gasteiger charge is -2.08. The number of hydrogen-bond donors (Lipinski definition) is 3. The molecule has 1 saturated carbocycles. The van der Waals surface area contributed by atoms with Gasteiger partial charge in [0.2, 0.25) is 0 Å². The Morgan fingerprint density at radius 2 is 1.46 bits per heavy atom. The summed E-state index contributed by atoms with van der Waals surface area (Å²) < 4.78 is 0. The molecule has 0 spiro atoms. The average molecular weight is 372 g/mol. The normalized spacial score (nSPS) is 17.6. The number of carbonyl (C=O) groups excluding carboxylic acids is 1. The SMILES string of the molecule is O=C(O)N[C@@H]1C[C@H]1c1ccc(NC(=O)c2ccc(-c3ccccc3)cc2)cc1. The largest absolute Gasteiger partial charge is 0.465 e. The lowest BCUT2D eigenvalue weighted by atomic mass is 10.0. The van der Waals surface area contributed by atoms with Crippen molar-refractivity contribution < 1.29 is 14.7 Å². The summed E-state index contributed by atoms with van der Waals surface area (Å²) in [7, 11) is 0. The summed E-state index contributed by atoms with van der Waals surface area (Å²) >= 11 is 0. The molecule has 0 aromatic heterocycles. The van der Waals surface area contributed by atoms with Crippen LogP contribution in [0.1, 0.15) is 28.3 Å². The van der Waals surface area contributed by atoms with Gasteiger partial charge in [0, 0.05) is 23.2 Å². The van der Waals surface area contributed by atoms with E-state index in [-0.39, 0.29) is 17.9 Å². The van der Waals surface area contributed by atoms with E-state index in [9.17, 15) is 9.59 Å². The van der Waals surface area contributed by atoms with Gasteiger partial charge < -0.3 is 15.7 Å². The summed E-state index contributed by atoms with van der Waals surface area (Å²) in [6, 6.07) is 25.1. The van der Waals surface area contributed by atoms with E-state index in [1.807, 2.05) is 78.9 Å². The van der Waals surface area contributed by atoms with Crippen molar-refractivity contribution in [2.24, 2.45) is 0 Å². The minimum atomic E-state index is -0.991. The third-order valence-corrected chi connectivity index (χ3v) is 4.95. The highest BCUT2D eigenvalue weighted by molar-refractivity contribution is 6.04. The molecular formula is C23H20N2O3. The Balaban J connectivity index is 1.38. The zero-order valence-electron chi connectivity index (χ0n) is 15.1. The van der Waals surface area contributed by atoms with Gasteiger partial charge in [-0.25, -0.2) is 4.79 Å². The monoisotopic (exact) mass is 372 g/mol. The van der Waals surface area contributed by atoms with Crippen molar-refractivity contribution >= 4 is 17.7 Å². The Bertz CT molecular complexity index is 983. The Kier molecular flexibility index (Phi) is 4.81. The van der Waals surface area contributed by atoms with E-state index >= 15 is 0 Å². The molecule has 3 aromatic carbocycles. The fourth-order valence-electron chi connectivity index (χ4n) is 3.34. The molecule has 28 heavy (non-hydrogen) atoms. The fourth-order valence-corrected chi connectivity index (χ4v) is 3.34. The first kappa shape index (κ1) is 17.8. The van der Waals surface area contributed by atoms with Crippen LogP contribution >= 0.6 is 0 Å². The highest BCUT2D eigenvalue weighted by Gasteiger charge is 2.39. The van der Waals surface area contributed by atoms with Gasteiger partial charge in [0.1, 0.15) is 0 Å². The lowest BCUT2D eigenvalue weighted by Crippen LogP contribution is -2.24. The minimum absolute atomic E-state index is 0.0129.